The van der Waals surface area contributed by atoms with Crippen LogP contribution in [0.3, 0.4) is 0 Å². The molecule has 2 heterocycles. The summed E-state index contributed by atoms with van der Waals surface area (Å²) < 4.78 is 23.3. The molecule has 0 N–H and O–H groups in total. The van der Waals surface area contributed by atoms with Gasteiger partial charge in [-0.25, -0.2) is 9.59 Å². The lowest BCUT2D eigenvalue weighted by atomic mass is 9.67. The zero-order valence-electron chi connectivity index (χ0n) is 31.1. The molecule has 6 heteroatoms. The third kappa shape index (κ3) is 5.31. The summed E-state index contributed by atoms with van der Waals surface area (Å²) in [6.45, 7) is 8.82. The highest BCUT2D eigenvalue weighted by atomic mass is 16.5. The predicted molar refractivity (Wildman–Crippen MR) is 219 cm³/mol. The van der Waals surface area contributed by atoms with Crippen LogP contribution in [0.4, 0.5) is 0 Å². The van der Waals surface area contributed by atoms with Gasteiger partial charge in [-0.3, -0.25) is 0 Å². The van der Waals surface area contributed by atoms with Crippen LogP contribution in [0.2, 0.25) is 0 Å². The summed E-state index contributed by atoms with van der Waals surface area (Å²) in [6.07, 6.45) is 0. The zero-order valence-corrected chi connectivity index (χ0v) is 31.1. The molecule has 8 aromatic rings. The number of rotatable bonds is 8. The van der Waals surface area contributed by atoms with E-state index in [1.54, 1.807) is 12.1 Å². The van der Waals surface area contributed by atoms with E-state index in [1.807, 2.05) is 76.2 Å². The second-order valence-electron chi connectivity index (χ2n) is 14.0. The van der Waals surface area contributed by atoms with E-state index >= 15 is 0 Å². The normalized spacial score (nSPS) is 12.8. The minimum absolute atomic E-state index is 0.409. The first-order valence-corrected chi connectivity index (χ1v) is 18.6. The van der Waals surface area contributed by atoms with E-state index < -0.39 is 16.7 Å². The predicted octanol–water partition coefficient (Wildman–Crippen LogP) is 11.0. The molecule has 0 bridgehead atoms. The fourth-order valence-electron chi connectivity index (χ4n) is 8.65. The molecule has 0 amide bonds. The van der Waals surface area contributed by atoms with Crippen LogP contribution in [0.15, 0.2) is 152 Å². The van der Waals surface area contributed by atoms with Gasteiger partial charge in [0.1, 0.15) is 22.7 Å². The van der Waals surface area contributed by atoms with Gasteiger partial charge in [0.2, 0.25) is 0 Å². The molecule has 9 rings (SSSR count). The molecular weight excluding hydrogens is 685 g/mol. The second-order valence-corrected chi connectivity index (χ2v) is 14.0. The molecule has 0 fully saturated rings. The summed E-state index contributed by atoms with van der Waals surface area (Å²) in [5, 5.41) is 1.70. The monoisotopic (exact) mass is 722 g/mol. The van der Waals surface area contributed by atoms with Gasteiger partial charge >= 0.3 is 11.3 Å². The Balaban J connectivity index is 1.30. The van der Waals surface area contributed by atoms with Gasteiger partial charge in [-0.1, -0.05) is 84.9 Å². The molecule has 0 unspecified atom stereocenters. The number of aryl methyl sites for hydroxylation is 2. The second kappa shape index (κ2) is 13.3. The Bertz CT molecular complexity index is 2700. The van der Waals surface area contributed by atoms with Crippen LogP contribution >= 0.6 is 0 Å². The van der Waals surface area contributed by atoms with E-state index in [2.05, 4.69) is 72.8 Å². The van der Waals surface area contributed by atoms with E-state index in [9.17, 15) is 9.59 Å². The first-order chi connectivity index (χ1) is 26.8. The van der Waals surface area contributed by atoms with Gasteiger partial charge in [-0.2, -0.15) is 0 Å². The highest BCUT2D eigenvalue weighted by Gasteiger charge is 2.46. The average Bonchev–Trinajstić information content (AvgIpc) is 3.48. The molecular formula is C49H38O6. The van der Waals surface area contributed by atoms with Crippen molar-refractivity contribution in [3.63, 3.8) is 0 Å². The van der Waals surface area contributed by atoms with Gasteiger partial charge in [0.15, 0.2) is 0 Å². The zero-order chi connectivity index (χ0) is 37.8. The smallest absolute Gasteiger partial charge is 0.344 e. The van der Waals surface area contributed by atoms with Crippen molar-refractivity contribution in [3.8, 4) is 44.9 Å². The largest absolute Gasteiger partial charge is 0.494 e. The fraction of sp³-hybridized carbons (Fsp3) is 0.143. The Hall–Kier alpha value is -6.66. The Morgan fingerprint density at radius 3 is 1.33 bits per heavy atom. The summed E-state index contributed by atoms with van der Waals surface area (Å²) >= 11 is 0. The number of fused-ring (bicyclic) bond motifs is 5. The molecule has 6 aromatic carbocycles. The van der Waals surface area contributed by atoms with Crippen molar-refractivity contribution in [2.24, 2.45) is 0 Å². The molecule has 1 aliphatic rings. The van der Waals surface area contributed by atoms with Crippen LogP contribution in [0.5, 0.6) is 11.5 Å². The van der Waals surface area contributed by atoms with E-state index in [-0.39, 0.29) is 0 Å². The maximum absolute atomic E-state index is 13.9. The molecule has 55 heavy (non-hydrogen) atoms. The molecule has 1 aliphatic carbocycles. The van der Waals surface area contributed by atoms with Crippen molar-refractivity contribution >= 4 is 21.9 Å². The average molecular weight is 723 g/mol. The van der Waals surface area contributed by atoms with E-state index in [0.29, 0.717) is 47.0 Å². The Labute approximate surface area is 318 Å². The van der Waals surface area contributed by atoms with Crippen molar-refractivity contribution in [2.45, 2.75) is 33.1 Å². The summed E-state index contributed by atoms with van der Waals surface area (Å²) in [7, 11) is 0. The first-order valence-electron chi connectivity index (χ1n) is 18.6. The highest BCUT2D eigenvalue weighted by molar-refractivity contribution is 5.94. The van der Waals surface area contributed by atoms with Gasteiger partial charge in [0.05, 0.1) is 29.8 Å². The molecule has 0 aliphatic heterocycles. The number of benzene rings is 6. The number of hydrogen-bond acceptors (Lipinski definition) is 6. The molecule has 0 spiro atoms. The van der Waals surface area contributed by atoms with Gasteiger partial charge in [-0.05, 0) is 120 Å². The molecule has 270 valence electrons. The lowest BCUT2D eigenvalue weighted by molar-refractivity contribution is 0.340. The molecule has 0 saturated heterocycles. The lowest BCUT2D eigenvalue weighted by Gasteiger charge is -2.34. The topological polar surface area (TPSA) is 78.9 Å². The summed E-state index contributed by atoms with van der Waals surface area (Å²) in [6, 6.07) is 44.7. The SMILES string of the molecule is CCOc1ccc2c(C)c(-c3ccc4c(c3)C(c3ccccc3)(c3ccccc3)c3cc(-c5c(C)c6ccc(OCC)cc6oc5=O)ccc3-4)c(=O)oc2c1. The summed E-state index contributed by atoms with van der Waals surface area (Å²) in [4.78, 5) is 27.8. The van der Waals surface area contributed by atoms with E-state index in [0.717, 1.165) is 66.4 Å². The Kier molecular flexibility index (Phi) is 8.27. The summed E-state index contributed by atoms with van der Waals surface area (Å²) in [5.41, 5.74) is 9.89. The van der Waals surface area contributed by atoms with E-state index in [1.165, 1.54) is 0 Å². The van der Waals surface area contributed by atoms with Crippen LogP contribution in [0.1, 0.15) is 47.2 Å². The Morgan fingerprint density at radius 1 is 0.509 bits per heavy atom. The van der Waals surface area contributed by atoms with Crippen LogP contribution < -0.4 is 20.7 Å². The van der Waals surface area contributed by atoms with Crippen LogP contribution in [0.25, 0.3) is 55.3 Å². The number of hydrogen-bond donors (Lipinski definition) is 0. The maximum Gasteiger partial charge on any atom is 0.344 e. The number of ether oxygens (including phenoxy) is 2. The van der Waals surface area contributed by atoms with Crippen molar-refractivity contribution in [3.05, 3.63) is 188 Å². The minimum Gasteiger partial charge on any atom is -0.494 e. The quantitative estimate of drug-likeness (QED) is 0.145. The van der Waals surface area contributed by atoms with Crippen molar-refractivity contribution in [2.75, 3.05) is 13.2 Å². The third-order valence-corrected chi connectivity index (χ3v) is 11.0. The molecule has 6 nitrogen and oxygen atoms in total. The highest BCUT2D eigenvalue weighted by Crippen LogP contribution is 2.57. The molecule has 0 atom stereocenters. The van der Waals surface area contributed by atoms with Gasteiger partial charge < -0.3 is 18.3 Å². The van der Waals surface area contributed by atoms with Crippen molar-refractivity contribution in [1.82, 2.24) is 0 Å². The molecule has 0 radical (unpaired) electrons. The molecule has 0 saturated carbocycles. The maximum atomic E-state index is 13.9. The van der Waals surface area contributed by atoms with Gasteiger partial charge in [-0.15, -0.1) is 0 Å². The van der Waals surface area contributed by atoms with Crippen LogP contribution in [-0.2, 0) is 5.41 Å². The minimum atomic E-state index is -0.798. The Morgan fingerprint density at radius 2 is 0.927 bits per heavy atom. The fourth-order valence-corrected chi connectivity index (χ4v) is 8.65. The summed E-state index contributed by atoms with van der Waals surface area (Å²) in [5.74, 6) is 1.31. The molecule has 2 aromatic heterocycles. The van der Waals surface area contributed by atoms with E-state index in [4.69, 9.17) is 18.3 Å². The first kappa shape index (κ1) is 34.1. The van der Waals surface area contributed by atoms with Crippen molar-refractivity contribution in [1.29, 1.82) is 0 Å². The lowest BCUT2D eigenvalue weighted by Crippen LogP contribution is -2.28. The van der Waals surface area contributed by atoms with Crippen LogP contribution in [-0.4, -0.2) is 13.2 Å². The third-order valence-electron chi connectivity index (χ3n) is 11.0. The van der Waals surface area contributed by atoms with Gasteiger partial charge in [0, 0.05) is 22.9 Å². The van der Waals surface area contributed by atoms with Crippen LogP contribution in [0, 0.1) is 13.8 Å². The van der Waals surface area contributed by atoms with Gasteiger partial charge in [0.25, 0.3) is 0 Å². The van der Waals surface area contributed by atoms with Crippen molar-refractivity contribution < 1.29 is 18.3 Å². The standard InChI is InChI=1S/C49H38O6/c1-5-52-35-19-23-37-29(3)45(47(50)54-43(37)27-35)31-17-21-39-40-22-18-32(46-30(4)38-24-20-36(53-6-2)28-44(38)55-48(46)51)26-42(40)49(41(39)25-31,33-13-9-7-10-14-33)34-15-11-8-12-16-34/h7-28H,5-6H2,1-4H3.